The van der Waals surface area contributed by atoms with Crippen LogP contribution in [0.4, 0.5) is 4.39 Å². The largest absolute Gasteiger partial charge is 0.328 e. The van der Waals surface area contributed by atoms with Crippen LogP contribution in [0.25, 0.3) is 0 Å². The van der Waals surface area contributed by atoms with Gasteiger partial charge in [-0.2, -0.15) is 0 Å². The van der Waals surface area contributed by atoms with Gasteiger partial charge >= 0.3 is 0 Å². The summed E-state index contributed by atoms with van der Waals surface area (Å²) in [6.45, 7) is 2.03. The van der Waals surface area contributed by atoms with Gasteiger partial charge in [-0.25, -0.2) is 4.39 Å². The molecule has 1 aliphatic carbocycles. The third-order valence-electron chi connectivity index (χ3n) is 3.12. The zero-order valence-electron chi connectivity index (χ0n) is 8.25. The maximum atomic E-state index is 13.6. The highest BCUT2D eigenvalue weighted by Gasteiger charge is 2.38. The molecule has 0 spiro atoms. The summed E-state index contributed by atoms with van der Waals surface area (Å²) in [5, 5.41) is 0. The van der Waals surface area contributed by atoms with Crippen molar-refractivity contribution in [3.63, 3.8) is 0 Å². The van der Waals surface area contributed by atoms with Crippen LogP contribution >= 0.6 is 24.8 Å². The Balaban J connectivity index is 0.000000845. The highest BCUT2D eigenvalue weighted by Crippen LogP contribution is 2.33. The minimum absolute atomic E-state index is 0. The molecule has 1 saturated heterocycles. The predicted octanol–water partition coefficient (Wildman–Crippen LogP) is 1.76. The Morgan fingerprint density at radius 3 is 2.07 bits per heavy atom. The van der Waals surface area contributed by atoms with E-state index in [1.807, 2.05) is 0 Å². The number of nitrogens with zero attached hydrogens (tertiary/aromatic N) is 1. The van der Waals surface area contributed by atoms with Crippen molar-refractivity contribution in [1.29, 1.82) is 0 Å². The zero-order chi connectivity index (χ0) is 8.60. The maximum absolute atomic E-state index is 13.6. The second kappa shape index (κ2) is 5.50. The van der Waals surface area contributed by atoms with E-state index in [1.54, 1.807) is 0 Å². The first kappa shape index (κ1) is 14.4. The monoisotopic (exact) mass is 244 g/mol. The van der Waals surface area contributed by atoms with Crippen LogP contribution < -0.4 is 5.73 Å². The van der Waals surface area contributed by atoms with Crippen molar-refractivity contribution in [2.45, 2.75) is 37.4 Å². The van der Waals surface area contributed by atoms with Gasteiger partial charge in [0.05, 0.1) is 0 Å². The van der Waals surface area contributed by atoms with Crippen molar-refractivity contribution < 1.29 is 4.39 Å². The van der Waals surface area contributed by atoms with E-state index in [2.05, 4.69) is 4.90 Å². The Bertz CT molecular complexity index is 168. The van der Waals surface area contributed by atoms with Gasteiger partial charge in [0.2, 0.25) is 0 Å². The van der Waals surface area contributed by atoms with Gasteiger partial charge in [-0.15, -0.1) is 24.8 Å². The standard InChI is InChI=1S/C9H17FN2.2ClH/c10-9(7-11)3-5-12(6-4-9)8-1-2-8;;/h8H,1-7,11H2;2*1H. The third-order valence-corrected chi connectivity index (χ3v) is 3.12. The predicted molar refractivity (Wildman–Crippen MR) is 61.2 cm³/mol. The maximum Gasteiger partial charge on any atom is 0.125 e. The Kier molecular flexibility index (Phi) is 5.67. The van der Waals surface area contributed by atoms with Crippen LogP contribution in [0.5, 0.6) is 0 Å². The number of nitrogens with two attached hydrogens (primary N) is 1. The minimum Gasteiger partial charge on any atom is -0.328 e. The lowest BCUT2D eigenvalue weighted by Crippen LogP contribution is -2.46. The molecule has 0 aromatic heterocycles. The second-order valence-electron chi connectivity index (χ2n) is 4.12. The number of piperidine rings is 1. The average molecular weight is 245 g/mol. The summed E-state index contributed by atoms with van der Waals surface area (Å²) in [4.78, 5) is 2.41. The second-order valence-corrected chi connectivity index (χ2v) is 4.12. The molecule has 0 unspecified atom stereocenters. The van der Waals surface area contributed by atoms with Crippen LogP contribution in [0.15, 0.2) is 0 Å². The summed E-state index contributed by atoms with van der Waals surface area (Å²) in [6.07, 6.45) is 3.92. The molecule has 86 valence electrons. The Morgan fingerprint density at radius 2 is 1.71 bits per heavy atom. The van der Waals surface area contributed by atoms with Crippen molar-refractivity contribution in [1.82, 2.24) is 4.90 Å². The Labute approximate surface area is 97.2 Å². The molecule has 2 fully saturated rings. The molecule has 5 heteroatoms. The molecule has 2 N–H and O–H groups in total. The van der Waals surface area contributed by atoms with Crippen molar-refractivity contribution in [3.8, 4) is 0 Å². The van der Waals surface area contributed by atoms with Crippen LogP contribution in [-0.4, -0.2) is 36.2 Å². The molecular formula is C9H19Cl2FN2. The van der Waals surface area contributed by atoms with E-state index in [1.165, 1.54) is 12.8 Å². The highest BCUT2D eigenvalue weighted by molar-refractivity contribution is 5.85. The first-order valence-corrected chi connectivity index (χ1v) is 4.87. The van der Waals surface area contributed by atoms with Gasteiger partial charge in [0, 0.05) is 25.7 Å². The summed E-state index contributed by atoms with van der Waals surface area (Å²) in [5.74, 6) is 0. The quantitative estimate of drug-likeness (QED) is 0.803. The normalized spacial score (nSPS) is 26.1. The van der Waals surface area contributed by atoms with E-state index in [-0.39, 0.29) is 31.4 Å². The first-order chi connectivity index (χ1) is 5.73. The van der Waals surface area contributed by atoms with Gasteiger partial charge in [-0.05, 0) is 25.7 Å². The third kappa shape index (κ3) is 3.23. The average Bonchev–Trinajstić information content (AvgIpc) is 2.89. The van der Waals surface area contributed by atoms with Crippen LogP contribution in [0, 0.1) is 0 Å². The Hall–Kier alpha value is 0.430. The molecule has 2 nitrogen and oxygen atoms in total. The van der Waals surface area contributed by atoms with Gasteiger partial charge in [-0.3, -0.25) is 0 Å². The van der Waals surface area contributed by atoms with E-state index in [4.69, 9.17) is 5.73 Å². The number of rotatable bonds is 2. The van der Waals surface area contributed by atoms with Crippen LogP contribution in [-0.2, 0) is 0 Å². The van der Waals surface area contributed by atoms with E-state index in [0.29, 0.717) is 12.8 Å². The molecule has 0 amide bonds. The van der Waals surface area contributed by atoms with Gasteiger partial charge < -0.3 is 10.6 Å². The van der Waals surface area contributed by atoms with Crippen LogP contribution in [0.2, 0.25) is 0 Å². The van der Waals surface area contributed by atoms with Gasteiger partial charge in [0.1, 0.15) is 5.67 Å². The van der Waals surface area contributed by atoms with Gasteiger partial charge in [-0.1, -0.05) is 0 Å². The highest BCUT2D eigenvalue weighted by atomic mass is 35.5. The van der Waals surface area contributed by atoms with Crippen LogP contribution in [0.1, 0.15) is 25.7 Å². The molecule has 1 saturated carbocycles. The lowest BCUT2D eigenvalue weighted by Gasteiger charge is -2.35. The van der Waals surface area contributed by atoms with Crippen molar-refractivity contribution in [2.24, 2.45) is 5.73 Å². The summed E-state index contributed by atoms with van der Waals surface area (Å²) in [5.41, 5.74) is 4.33. The number of halogens is 3. The molecule has 0 bridgehead atoms. The van der Waals surface area contributed by atoms with E-state index in [0.717, 1.165) is 19.1 Å². The molecule has 0 aromatic carbocycles. The van der Waals surface area contributed by atoms with E-state index >= 15 is 0 Å². The van der Waals surface area contributed by atoms with Gasteiger partial charge in [0.25, 0.3) is 0 Å². The van der Waals surface area contributed by atoms with Crippen molar-refractivity contribution >= 4 is 24.8 Å². The fraction of sp³-hybridized carbons (Fsp3) is 1.00. The van der Waals surface area contributed by atoms with E-state index < -0.39 is 5.67 Å². The lowest BCUT2D eigenvalue weighted by atomic mass is 9.93. The zero-order valence-corrected chi connectivity index (χ0v) is 9.88. The topological polar surface area (TPSA) is 29.3 Å². The van der Waals surface area contributed by atoms with Gasteiger partial charge in [0.15, 0.2) is 0 Å². The smallest absolute Gasteiger partial charge is 0.125 e. The number of hydrogen-bond acceptors (Lipinski definition) is 2. The van der Waals surface area contributed by atoms with Crippen LogP contribution in [0.3, 0.4) is 0 Å². The molecule has 2 rings (SSSR count). The molecule has 2 aliphatic rings. The van der Waals surface area contributed by atoms with E-state index in [9.17, 15) is 4.39 Å². The summed E-state index contributed by atoms with van der Waals surface area (Å²) >= 11 is 0. The summed E-state index contributed by atoms with van der Waals surface area (Å²) in [7, 11) is 0. The first-order valence-electron chi connectivity index (χ1n) is 4.87. The lowest BCUT2D eigenvalue weighted by molar-refractivity contribution is 0.0619. The molecule has 0 aromatic rings. The SMILES string of the molecule is Cl.Cl.NCC1(F)CCN(C2CC2)CC1. The summed E-state index contributed by atoms with van der Waals surface area (Å²) in [6, 6.07) is 0.785. The molecular weight excluding hydrogens is 226 g/mol. The number of hydrogen-bond donors (Lipinski definition) is 1. The molecule has 1 heterocycles. The van der Waals surface area contributed by atoms with Crippen molar-refractivity contribution in [2.75, 3.05) is 19.6 Å². The molecule has 0 atom stereocenters. The minimum atomic E-state index is -1.05. The summed E-state index contributed by atoms with van der Waals surface area (Å²) < 4.78 is 13.6. The number of likely N-dealkylation sites (tertiary alicyclic amines) is 1. The Morgan fingerprint density at radius 1 is 1.21 bits per heavy atom. The van der Waals surface area contributed by atoms with Crippen molar-refractivity contribution in [3.05, 3.63) is 0 Å². The molecule has 14 heavy (non-hydrogen) atoms. The molecule has 1 aliphatic heterocycles. The molecule has 0 radical (unpaired) electrons. The number of alkyl halides is 1. The fourth-order valence-corrected chi connectivity index (χ4v) is 1.93. The fourth-order valence-electron chi connectivity index (χ4n) is 1.93.